The SMILES string of the molecule is CO/N=C1/CCCN1c1ccc(NC(=O)c2cc(C(F)(F)F)nn2-c2cccc(C(N)=O)c2)cc1. The number of nitrogens with one attached hydrogen (secondary N) is 1. The summed E-state index contributed by atoms with van der Waals surface area (Å²) in [5.41, 5.74) is 5.01. The molecule has 1 fully saturated rings. The number of alkyl halides is 3. The number of anilines is 2. The number of primary amides is 1. The number of oxime groups is 1. The number of nitrogens with two attached hydrogens (primary N) is 1. The number of carbonyl (C=O) groups is 2. The van der Waals surface area contributed by atoms with E-state index in [4.69, 9.17) is 10.6 Å². The minimum atomic E-state index is -4.78. The number of nitrogens with zero attached hydrogens (tertiary/aromatic N) is 4. The molecular formula is C23H21F3N6O3. The zero-order valence-electron chi connectivity index (χ0n) is 18.5. The van der Waals surface area contributed by atoms with Crippen LogP contribution >= 0.6 is 0 Å². The minimum absolute atomic E-state index is 0.0619. The van der Waals surface area contributed by atoms with Gasteiger partial charge in [0.25, 0.3) is 5.91 Å². The highest BCUT2D eigenvalue weighted by molar-refractivity contribution is 6.04. The Labute approximate surface area is 197 Å². The first-order valence-electron chi connectivity index (χ1n) is 10.5. The largest absolute Gasteiger partial charge is 0.435 e. The van der Waals surface area contributed by atoms with Gasteiger partial charge in [-0.15, -0.1) is 0 Å². The fourth-order valence-corrected chi connectivity index (χ4v) is 3.73. The summed E-state index contributed by atoms with van der Waals surface area (Å²) in [6.45, 7) is 0.762. The molecule has 0 bridgehead atoms. The molecule has 4 rings (SSSR count). The van der Waals surface area contributed by atoms with Crippen LogP contribution in [0, 0.1) is 0 Å². The van der Waals surface area contributed by atoms with E-state index in [-0.39, 0.29) is 16.9 Å². The molecular weight excluding hydrogens is 465 g/mol. The van der Waals surface area contributed by atoms with Crippen molar-refractivity contribution < 1.29 is 27.6 Å². The molecule has 2 aromatic carbocycles. The highest BCUT2D eigenvalue weighted by Gasteiger charge is 2.36. The van der Waals surface area contributed by atoms with E-state index in [1.807, 2.05) is 4.90 Å². The topological polar surface area (TPSA) is 115 Å². The van der Waals surface area contributed by atoms with Gasteiger partial charge in [-0.3, -0.25) is 9.59 Å². The Balaban J connectivity index is 1.62. The number of amides is 2. The van der Waals surface area contributed by atoms with Gasteiger partial charge in [0.05, 0.1) is 5.69 Å². The maximum Gasteiger partial charge on any atom is 0.435 e. The quantitative estimate of drug-likeness (QED) is 0.515. The van der Waals surface area contributed by atoms with Gasteiger partial charge in [-0.25, -0.2) is 4.68 Å². The predicted octanol–water partition coefficient (Wildman–Crippen LogP) is 3.80. The van der Waals surface area contributed by atoms with Crippen LogP contribution in [0.25, 0.3) is 5.69 Å². The predicted molar refractivity (Wildman–Crippen MR) is 123 cm³/mol. The van der Waals surface area contributed by atoms with Crippen LogP contribution in [-0.4, -0.2) is 41.1 Å². The van der Waals surface area contributed by atoms with Crippen molar-refractivity contribution in [3.8, 4) is 5.69 Å². The fraction of sp³-hybridized carbons (Fsp3) is 0.217. The van der Waals surface area contributed by atoms with E-state index in [0.717, 1.165) is 35.6 Å². The van der Waals surface area contributed by atoms with Crippen molar-refractivity contribution in [3.05, 3.63) is 71.5 Å². The van der Waals surface area contributed by atoms with Gasteiger partial charge in [-0.1, -0.05) is 11.2 Å². The van der Waals surface area contributed by atoms with E-state index in [2.05, 4.69) is 15.6 Å². The lowest BCUT2D eigenvalue weighted by Crippen LogP contribution is -2.24. The molecule has 0 saturated carbocycles. The number of carbonyl (C=O) groups excluding carboxylic acids is 2. The Morgan fingerprint density at radius 1 is 1.11 bits per heavy atom. The van der Waals surface area contributed by atoms with Crippen LogP contribution in [0.1, 0.15) is 39.4 Å². The van der Waals surface area contributed by atoms with Gasteiger partial charge < -0.3 is 20.8 Å². The van der Waals surface area contributed by atoms with Crippen LogP contribution < -0.4 is 16.0 Å². The highest BCUT2D eigenvalue weighted by Crippen LogP contribution is 2.30. The zero-order chi connectivity index (χ0) is 25.2. The molecule has 2 amide bonds. The van der Waals surface area contributed by atoms with Gasteiger partial charge >= 0.3 is 6.18 Å². The first-order chi connectivity index (χ1) is 16.7. The van der Waals surface area contributed by atoms with Gasteiger partial charge in [-0.2, -0.15) is 18.3 Å². The first kappa shape index (κ1) is 23.8. The van der Waals surface area contributed by atoms with E-state index in [9.17, 15) is 22.8 Å². The molecule has 1 aromatic heterocycles. The number of amidine groups is 1. The second kappa shape index (κ2) is 9.49. The van der Waals surface area contributed by atoms with Crippen LogP contribution in [0.3, 0.4) is 0 Å². The number of aromatic nitrogens is 2. The molecule has 1 aliphatic heterocycles. The van der Waals surface area contributed by atoms with E-state index in [1.165, 1.54) is 31.4 Å². The van der Waals surface area contributed by atoms with Crippen LogP contribution in [0.15, 0.2) is 59.8 Å². The Bertz CT molecular complexity index is 1280. The molecule has 1 aliphatic rings. The summed E-state index contributed by atoms with van der Waals surface area (Å²) in [7, 11) is 1.47. The molecule has 35 heavy (non-hydrogen) atoms. The van der Waals surface area contributed by atoms with Gasteiger partial charge in [0, 0.05) is 36.0 Å². The number of rotatable bonds is 6. The Morgan fingerprint density at radius 3 is 2.51 bits per heavy atom. The molecule has 9 nitrogen and oxygen atoms in total. The van der Waals surface area contributed by atoms with Gasteiger partial charge in [0.2, 0.25) is 5.91 Å². The van der Waals surface area contributed by atoms with Gasteiger partial charge in [0.1, 0.15) is 18.6 Å². The van der Waals surface area contributed by atoms with Crippen LogP contribution in [0.2, 0.25) is 0 Å². The molecule has 3 N–H and O–H groups in total. The average molecular weight is 486 g/mol. The van der Waals surface area contributed by atoms with Crippen molar-refractivity contribution in [3.63, 3.8) is 0 Å². The monoisotopic (exact) mass is 486 g/mol. The minimum Gasteiger partial charge on any atom is -0.398 e. The molecule has 0 unspecified atom stereocenters. The lowest BCUT2D eigenvalue weighted by atomic mass is 10.2. The molecule has 0 radical (unpaired) electrons. The Morgan fingerprint density at radius 2 is 1.86 bits per heavy atom. The van der Waals surface area contributed by atoms with Gasteiger partial charge in [-0.05, 0) is 48.9 Å². The van der Waals surface area contributed by atoms with Crippen LogP contribution in [-0.2, 0) is 11.0 Å². The first-order valence-corrected chi connectivity index (χ1v) is 10.5. The summed E-state index contributed by atoms with van der Waals surface area (Å²) >= 11 is 0. The molecule has 0 atom stereocenters. The molecule has 0 spiro atoms. The standard InChI is InChI=1S/C23H21F3N6O3/c1-35-30-20-6-3-11-31(20)16-9-7-15(8-10-16)28-22(34)18-13-19(23(24,25)26)29-32(18)17-5-2-4-14(12-17)21(27)33/h2,4-5,7-10,12-13H,3,6,11H2,1H3,(H2,27,33)(H,28,34)/b30-20-. The maximum absolute atomic E-state index is 13.4. The molecule has 1 saturated heterocycles. The number of hydrogen-bond acceptors (Lipinski definition) is 5. The van der Waals surface area contributed by atoms with Crippen molar-refractivity contribution in [1.29, 1.82) is 0 Å². The number of halogens is 3. The molecule has 2 heterocycles. The van der Waals surface area contributed by atoms with Crippen molar-refractivity contribution in [2.24, 2.45) is 10.9 Å². The average Bonchev–Trinajstić information content (AvgIpc) is 3.47. The smallest absolute Gasteiger partial charge is 0.398 e. The second-order valence-corrected chi connectivity index (χ2v) is 7.69. The fourth-order valence-electron chi connectivity index (χ4n) is 3.73. The number of benzene rings is 2. The summed E-state index contributed by atoms with van der Waals surface area (Å²) in [6, 6.07) is 13.0. The lowest BCUT2D eigenvalue weighted by molar-refractivity contribution is -0.141. The summed E-state index contributed by atoms with van der Waals surface area (Å²) < 4.78 is 40.9. The summed E-state index contributed by atoms with van der Waals surface area (Å²) in [5.74, 6) is -0.795. The third-order valence-corrected chi connectivity index (χ3v) is 5.33. The maximum atomic E-state index is 13.4. The van der Waals surface area contributed by atoms with Gasteiger partial charge in [0.15, 0.2) is 5.69 Å². The van der Waals surface area contributed by atoms with Crippen molar-refractivity contribution in [2.45, 2.75) is 19.0 Å². The van der Waals surface area contributed by atoms with E-state index < -0.39 is 23.7 Å². The van der Waals surface area contributed by atoms with E-state index in [1.54, 1.807) is 24.3 Å². The summed E-state index contributed by atoms with van der Waals surface area (Å²) in [6.07, 6.45) is -3.08. The van der Waals surface area contributed by atoms with Crippen LogP contribution in [0.5, 0.6) is 0 Å². The summed E-state index contributed by atoms with van der Waals surface area (Å²) in [4.78, 5) is 31.3. The van der Waals surface area contributed by atoms with Crippen molar-refractivity contribution >= 4 is 29.0 Å². The normalized spacial score (nSPS) is 14.9. The Hall–Kier alpha value is -4.35. The molecule has 3 aromatic rings. The second-order valence-electron chi connectivity index (χ2n) is 7.69. The Kier molecular flexibility index (Phi) is 6.45. The third kappa shape index (κ3) is 5.10. The highest BCUT2D eigenvalue weighted by atomic mass is 19.4. The van der Waals surface area contributed by atoms with Crippen LogP contribution in [0.4, 0.5) is 24.5 Å². The number of hydrogen-bond donors (Lipinski definition) is 2. The van der Waals surface area contributed by atoms with E-state index in [0.29, 0.717) is 11.8 Å². The lowest BCUT2D eigenvalue weighted by Gasteiger charge is -2.18. The van der Waals surface area contributed by atoms with Crippen molar-refractivity contribution in [2.75, 3.05) is 23.9 Å². The molecule has 0 aliphatic carbocycles. The summed E-state index contributed by atoms with van der Waals surface area (Å²) in [5, 5.41) is 10.2. The van der Waals surface area contributed by atoms with Crippen molar-refractivity contribution in [1.82, 2.24) is 9.78 Å². The molecule has 182 valence electrons. The third-order valence-electron chi connectivity index (χ3n) is 5.33. The zero-order valence-corrected chi connectivity index (χ0v) is 18.5. The molecule has 12 heteroatoms. The van der Waals surface area contributed by atoms with E-state index >= 15 is 0 Å².